The van der Waals surface area contributed by atoms with E-state index in [1.807, 2.05) is 0 Å². The van der Waals surface area contributed by atoms with E-state index < -0.39 is 10.0 Å². The molecule has 3 aromatic rings. The normalized spacial score (nSPS) is 14.8. The van der Waals surface area contributed by atoms with Crippen molar-refractivity contribution in [2.75, 3.05) is 45.8 Å². The molecule has 0 spiro atoms. The van der Waals surface area contributed by atoms with E-state index in [0.29, 0.717) is 60.8 Å². The van der Waals surface area contributed by atoms with Crippen molar-refractivity contribution in [1.29, 1.82) is 0 Å². The van der Waals surface area contributed by atoms with Crippen LogP contribution in [0.2, 0.25) is 0 Å². The summed E-state index contributed by atoms with van der Waals surface area (Å²) in [6, 6.07) is 12.0. The average molecular weight is 461 g/mol. The summed E-state index contributed by atoms with van der Waals surface area (Å²) >= 11 is 0. The molecule has 2 aromatic carbocycles. The maximum Gasteiger partial charge on any atom is 0.246 e. The van der Waals surface area contributed by atoms with Crippen LogP contribution in [-0.4, -0.2) is 63.4 Å². The fourth-order valence-corrected chi connectivity index (χ4v) is 4.75. The molecule has 170 valence electrons. The first-order chi connectivity index (χ1) is 15.5. The molecule has 1 aromatic heterocycles. The zero-order valence-corrected chi connectivity index (χ0v) is 18.6. The Kier molecular flexibility index (Phi) is 6.58. The van der Waals surface area contributed by atoms with Crippen LogP contribution >= 0.6 is 0 Å². The summed E-state index contributed by atoms with van der Waals surface area (Å²) in [5.41, 5.74) is 1.29. The minimum absolute atomic E-state index is 0.221. The van der Waals surface area contributed by atoms with Crippen LogP contribution in [0.1, 0.15) is 5.89 Å². The van der Waals surface area contributed by atoms with Crippen LogP contribution in [0.3, 0.4) is 0 Å². The second-order valence-corrected chi connectivity index (χ2v) is 8.91. The molecule has 1 aliphatic heterocycles. The molecule has 10 nitrogen and oxygen atoms in total. The molecule has 11 heteroatoms. The highest BCUT2D eigenvalue weighted by Gasteiger charge is 2.26. The summed E-state index contributed by atoms with van der Waals surface area (Å²) in [7, 11) is -0.444. The molecule has 0 radical (unpaired) electrons. The maximum absolute atomic E-state index is 12.9. The summed E-state index contributed by atoms with van der Waals surface area (Å²) in [5.74, 6) is 1.94. The number of benzene rings is 2. The first kappa shape index (κ1) is 22.1. The van der Waals surface area contributed by atoms with E-state index in [9.17, 15) is 8.42 Å². The van der Waals surface area contributed by atoms with Gasteiger partial charge in [0.05, 0.1) is 44.4 Å². The largest absolute Gasteiger partial charge is 0.497 e. The zero-order valence-electron chi connectivity index (χ0n) is 17.8. The first-order valence-corrected chi connectivity index (χ1v) is 11.4. The smallest absolute Gasteiger partial charge is 0.246 e. The van der Waals surface area contributed by atoms with Gasteiger partial charge in [-0.2, -0.15) is 9.29 Å². The van der Waals surface area contributed by atoms with Crippen molar-refractivity contribution < 1.29 is 27.2 Å². The number of nitrogens with zero attached hydrogens (tertiary/aromatic N) is 3. The third-order valence-corrected chi connectivity index (χ3v) is 6.90. The number of methoxy groups -OCH3 is 2. The van der Waals surface area contributed by atoms with Crippen LogP contribution in [0, 0.1) is 0 Å². The Morgan fingerprint density at radius 3 is 2.66 bits per heavy atom. The van der Waals surface area contributed by atoms with Crippen molar-refractivity contribution in [3.63, 3.8) is 0 Å². The molecule has 4 rings (SSSR count). The van der Waals surface area contributed by atoms with Crippen molar-refractivity contribution in [2.45, 2.75) is 11.4 Å². The van der Waals surface area contributed by atoms with Gasteiger partial charge in [0.1, 0.15) is 11.5 Å². The lowest BCUT2D eigenvalue weighted by Crippen LogP contribution is -2.40. The Balaban J connectivity index is 1.46. The number of hydrogen-bond acceptors (Lipinski definition) is 9. The monoisotopic (exact) mass is 460 g/mol. The second kappa shape index (κ2) is 9.55. The van der Waals surface area contributed by atoms with Gasteiger partial charge in [0.25, 0.3) is 0 Å². The highest BCUT2D eigenvalue weighted by Crippen LogP contribution is 2.31. The molecule has 1 fully saturated rings. The van der Waals surface area contributed by atoms with E-state index in [-0.39, 0.29) is 11.4 Å². The van der Waals surface area contributed by atoms with Crippen LogP contribution in [0.15, 0.2) is 51.9 Å². The van der Waals surface area contributed by atoms with Crippen LogP contribution in [0.4, 0.5) is 5.69 Å². The van der Waals surface area contributed by atoms with E-state index in [1.54, 1.807) is 56.7 Å². The Morgan fingerprint density at radius 1 is 1.09 bits per heavy atom. The SMILES string of the molecule is COc1ccc(-c2noc(CNc3cccc(S(=O)(=O)N4CCOCC4)c3)n2)c(OC)c1. The molecule has 32 heavy (non-hydrogen) atoms. The minimum atomic E-state index is -3.58. The molecule has 0 bridgehead atoms. The van der Waals surface area contributed by atoms with Crippen molar-refractivity contribution in [2.24, 2.45) is 0 Å². The number of rotatable bonds is 8. The Labute approximate surface area is 186 Å². The van der Waals surface area contributed by atoms with Gasteiger partial charge in [0.2, 0.25) is 21.7 Å². The summed E-state index contributed by atoms with van der Waals surface area (Å²) in [6.45, 7) is 1.72. The van der Waals surface area contributed by atoms with Crippen LogP contribution in [0.25, 0.3) is 11.4 Å². The lowest BCUT2D eigenvalue weighted by atomic mass is 10.2. The molecule has 0 atom stereocenters. The third-order valence-electron chi connectivity index (χ3n) is 5.00. The molecule has 1 aliphatic rings. The van der Waals surface area contributed by atoms with Crippen molar-refractivity contribution in [3.8, 4) is 22.9 Å². The van der Waals surface area contributed by atoms with E-state index in [2.05, 4.69) is 15.5 Å². The average Bonchev–Trinajstić information content (AvgIpc) is 3.32. The van der Waals surface area contributed by atoms with Crippen LogP contribution in [0.5, 0.6) is 11.5 Å². The molecule has 1 N–H and O–H groups in total. The van der Waals surface area contributed by atoms with Gasteiger partial charge in [-0.15, -0.1) is 0 Å². The van der Waals surface area contributed by atoms with Crippen LogP contribution < -0.4 is 14.8 Å². The molecular weight excluding hydrogens is 436 g/mol. The minimum Gasteiger partial charge on any atom is -0.497 e. The number of hydrogen-bond donors (Lipinski definition) is 1. The second-order valence-electron chi connectivity index (χ2n) is 6.98. The van der Waals surface area contributed by atoms with E-state index in [1.165, 1.54) is 4.31 Å². The molecule has 0 saturated carbocycles. The number of anilines is 1. The number of morpholine rings is 1. The number of sulfonamides is 1. The molecule has 0 unspecified atom stereocenters. The van der Waals surface area contributed by atoms with E-state index in [4.69, 9.17) is 18.7 Å². The van der Waals surface area contributed by atoms with Gasteiger partial charge in [-0.05, 0) is 30.3 Å². The third kappa shape index (κ3) is 4.69. The number of nitrogens with one attached hydrogen (secondary N) is 1. The van der Waals surface area contributed by atoms with Gasteiger partial charge in [0.15, 0.2) is 0 Å². The Morgan fingerprint density at radius 2 is 1.91 bits per heavy atom. The highest BCUT2D eigenvalue weighted by molar-refractivity contribution is 7.89. The number of ether oxygens (including phenoxy) is 3. The summed E-state index contributed by atoms with van der Waals surface area (Å²) in [4.78, 5) is 4.62. The molecule has 1 saturated heterocycles. The maximum atomic E-state index is 12.9. The molecule has 0 amide bonds. The van der Waals surface area contributed by atoms with Gasteiger partial charge in [-0.1, -0.05) is 11.2 Å². The predicted octanol–water partition coefficient (Wildman–Crippen LogP) is 2.39. The van der Waals surface area contributed by atoms with Crippen LogP contribution in [-0.2, 0) is 21.3 Å². The van der Waals surface area contributed by atoms with Gasteiger partial charge in [0, 0.05) is 24.8 Å². The zero-order chi connectivity index (χ0) is 22.6. The van der Waals surface area contributed by atoms with Gasteiger partial charge < -0.3 is 24.1 Å². The lowest BCUT2D eigenvalue weighted by molar-refractivity contribution is 0.0730. The van der Waals surface area contributed by atoms with Gasteiger partial charge in [-0.3, -0.25) is 0 Å². The van der Waals surface area contributed by atoms with Crippen molar-refractivity contribution in [3.05, 3.63) is 48.4 Å². The summed E-state index contributed by atoms with van der Waals surface area (Å²) in [5, 5.41) is 7.15. The van der Waals surface area contributed by atoms with Crippen molar-refractivity contribution in [1.82, 2.24) is 14.4 Å². The molecule has 2 heterocycles. The molecule has 0 aliphatic carbocycles. The Hall–Kier alpha value is -3.15. The number of aromatic nitrogens is 2. The Bertz CT molecular complexity index is 1170. The first-order valence-electron chi connectivity index (χ1n) is 9.98. The quantitative estimate of drug-likeness (QED) is 0.541. The van der Waals surface area contributed by atoms with E-state index >= 15 is 0 Å². The van der Waals surface area contributed by atoms with Crippen molar-refractivity contribution >= 4 is 15.7 Å². The van der Waals surface area contributed by atoms with Gasteiger partial charge >= 0.3 is 0 Å². The van der Waals surface area contributed by atoms with E-state index in [0.717, 1.165) is 0 Å². The topological polar surface area (TPSA) is 116 Å². The molecular formula is C21H24N4O6S. The summed E-state index contributed by atoms with van der Waals surface area (Å²) in [6.07, 6.45) is 0. The standard InChI is InChI=1S/C21H24N4O6S/c1-28-16-6-7-18(19(13-16)29-2)21-23-20(31-24-21)14-22-15-4-3-5-17(12-15)32(26,27)25-8-10-30-11-9-25/h3-7,12-13,22H,8-11,14H2,1-2H3. The highest BCUT2D eigenvalue weighted by atomic mass is 32.2. The summed E-state index contributed by atoms with van der Waals surface area (Å²) < 4.78 is 48.3. The fraction of sp³-hybridized carbons (Fsp3) is 0.333. The predicted molar refractivity (Wildman–Crippen MR) is 116 cm³/mol. The lowest BCUT2D eigenvalue weighted by Gasteiger charge is -2.26. The fourth-order valence-electron chi connectivity index (χ4n) is 3.30. The van der Waals surface area contributed by atoms with Gasteiger partial charge in [-0.25, -0.2) is 8.42 Å².